The van der Waals surface area contributed by atoms with Gasteiger partial charge in [0.1, 0.15) is 0 Å². The average Bonchev–Trinajstić information content (AvgIpc) is 2.92. The van der Waals surface area contributed by atoms with Gasteiger partial charge in [0.15, 0.2) is 0 Å². The van der Waals surface area contributed by atoms with Crippen molar-refractivity contribution in [3.63, 3.8) is 0 Å². The molecule has 4 rings (SSSR count). The first kappa shape index (κ1) is 17.6. The highest BCUT2D eigenvalue weighted by molar-refractivity contribution is 5.67. The Morgan fingerprint density at radius 3 is 2.48 bits per heavy atom. The smallest absolute Gasteiger partial charge is 0.407 e. The first-order chi connectivity index (χ1) is 11.9. The molecule has 4 aliphatic carbocycles. The molecule has 1 amide bonds. The van der Waals surface area contributed by atoms with Crippen LogP contribution in [0.15, 0.2) is 0 Å². The van der Waals surface area contributed by atoms with Crippen LogP contribution in [0.1, 0.15) is 71.6 Å². The van der Waals surface area contributed by atoms with Crippen molar-refractivity contribution in [3.05, 3.63) is 0 Å². The molecule has 0 spiro atoms. The minimum absolute atomic E-state index is 0.0661. The summed E-state index contributed by atoms with van der Waals surface area (Å²) in [6.45, 7) is 4.95. The van der Waals surface area contributed by atoms with Crippen LogP contribution < -0.4 is 5.32 Å². The maximum atomic E-state index is 11.8. The average molecular weight is 350 g/mol. The van der Waals surface area contributed by atoms with Crippen molar-refractivity contribution in [1.82, 2.24) is 5.32 Å². The summed E-state index contributed by atoms with van der Waals surface area (Å²) >= 11 is 0. The predicted molar refractivity (Wildman–Crippen MR) is 97.1 cm³/mol. The summed E-state index contributed by atoms with van der Waals surface area (Å²) in [6.07, 6.45) is 10.3. The zero-order valence-electron chi connectivity index (χ0n) is 16.1. The molecule has 4 fully saturated rings. The van der Waals surface area contributed by atoms with Gasteiger partial charge >= 0.3 is 6.09 Å². The summed E-state index contributed by atoms with van der Waals surface area (Å²) in [5.74, 6) is 3.07. The van der Waals surface area contributed by atoms with Crippen molar-refractivity contribution in [3.8, 4) is 0 Å². The van der Waals surface area contributed by atoms with E-state index in [4.69, 9.17) is 4.74 Å². The largest absolute Gasteiger partial charge is 0.453 e. The molecule has 25 heavy (non-hydrogen) atoms. The molecule has 4 aliphatic rings. The lowest BCUT2D eigenvalue weighted by Crippen LogP contribution is -2.56. The van der Waals surface area contributed by atoms with Crippen molar-refractivity contribution in [2.45, 2.75) is 83.8 Å². The molecule has 0 unspecified atom stereocenters. The molecular formula is C21H35NO3. The van der Waals surface area contributed by atoms with Crippen molar-refractivity contribution in [2.24, 2.45) is 34.5 Å². The van der Waals surface area contributed by atoms with Crippen LogP contribution in [-0.2, 0) is 4.74 Å². The maximum absolute atomic E-state index is 11.8. The van der Waals surface area contributed by atoms with Crippen LogP contribution in [-0.4, -0.2) is 30.5 Å². The molecule has 142 valence electrons. The number of alkyl carbamates (subject to hydrolysis) is 1. The number of aliphatic hydroxyl groups excluding tert-OH is 1. The molecule has 0 radical (unpaired) electrons. The zero-order valence-corrected chi connectivity index (χ0v) is 16.1. The second-order valence-corrected chi connectivity index (χ2v) is 9.90. The van der Waals surface area contributed by atoms with Gasteiger partial charge < -0.3 is 15.2 Å². The monoisotopic (exact) mass is 349 g/mol. The van der Waals surface area contributed by atoms with Crippen molar-refractivity contribution in [2.75, 3.05) is 7.11 Å². The van der Waals surface area contributed by atoms with Crippen molar-refractivity contribution < 1.29 is 14.6 Å². The van der Waals surface area contributed by atoms with Gasteiger partial charge in [-0.25, -0.2) is 4.79 Å². The maximum Gasteiger partial charge on any atom is 0.407 e. The van der Waals surface area contributed by atoms with E-state index in [1.54, 1.807) is 0 Å². The Hall–Kier alpha value is -0.770. The highest BCUT2D eigenvalue weighted by Gasteiger charge is 2.60. The molecular weight excluding hydrogens is 314 g/mol. The van der Waals surface area contributed by atoms with E-state index in [1.165, 1.54) is 45.6 Å². The number of ether oxygens (including phenoxy) is 1. The fourth-order valence-electron chi connectivity index (χ4n) is 7.67. The Kier molecular flexibility index (Phi) is 4.33. The standard InChI is InChI=1S/C21H35NO3/c1-20-10-8-14(23)12-13(20)4-5-15-16-6-7-18(22-19(24)25-3)21(16,2)11-9-17(15)20/h13-18,23H,4-12H2,1-3H3,(H,22,24)/t13-,14-,15-,16+,17-,18-,20+,21+/m0/s1. The number of nitrogens with one attached hydrogen (secondary N) is 1. The molecule has 0 heterocycles. The molecule has 4 heteroatoms. The van der Waals surface area contributed by atoms with Gasteiger partial charge in [0.05, 0.1) is 13.2 Å². The van der Waals surface area contributed by atoms with Gasteiger partial charge in [-0.1, -0.05) is 13.8 Å². The molecule has 0 aromatic rings. The normalized spacial score (nSPS) is 51.8. The Balaban J connectivity index is 1.55. The Morgan fingerprint density at radius 2 is 1.72 bits per heavy atom. The third-order valence-corrected chi connectivity index (χ3v) is 9.12. The summed E-state index contributed by atoms with van der Waals surface area (Å²) in [7, 11) is 1.46. The topological polar surface area (TPSA) is 58.6 Å². The first-order valence-corrected chi connectivity index (χ1v) is 10.4. The Morgan fingerprint density at radius 1 is 1.00 bits per heavy atom. The van der Waals surface area contributed by atoms with E-state index in [0.717, 1.165) is 37.0 Å². The molecule has 0 bridgehead atoms. The molecule has 8 atom stereocenters. The number of aliphatic hydroxyl groups is 1. The van der Waals surface area contributed by atoms with Gasteiger partial charge in [-0.2, -0.15) is 0 Å². The second-order valence-electron chi connectivity index (χ2n) is 9.90. The fourth-order valence-corrected chi connectivity index (χ4v) is 7.67. The summed E-state index contributed by atoms with van der Waals surface area (Å²) in [4.78, 5) is 11.8. The molecule has 0 saturated heterocycles. The van der Waals surface area contributed by atoms with E-state index >= 15 is 0 Å². The third kappa shape index (κ3) is 2.62. The minimum Gasteiger partial charge on any atom is -0.453 e. The predicted octanol–water partition coefficient (Wildman–Crippen LogP) is 4.11. The molecule has 0 aromatic heterocycles. The van der Waals surface area contributed by atoms with Gasteiger partial charge in [-0.3, -0.25) is 0 Å². The van der Waals surface area contributed by atoms with Gasteiger partial charge in [0.2, 0.25) is 0 Å². The SMILES string of the molecule is COC(=O)N[C@H]1CC[C@@H]2[C@@H]3CC[C@H]4C[C@@H](O)CC[C@@]4(C)[C@H]3CC[C@@]12C. The van der Waals surface area contributed by atoms with Gasteiger partial charge in [0, 0.05) is 6.04 Å². The molecule has 0 aliphatic heterocycles. The van der Waals surface area contributed by atoms with Crippen LogP contribution in [0.25, 0.3) is 0 Å². The van der Waals surface area contributed by atoms with Crippen LogP contribution in [0.4, 0.5) is 4.79 Å². The summed E-state index contributed by atoms with van der Waals surface area (Å²) in [5.41, 5.74) is 0.657. The summed E-state index contributed by atoms with van der Waals surface area (Å²) < 4.78 is 4.87. The van der Waals surface area contributed by atoms with Crippen LogP contribution in [0.2, 0.25) is 0 Å². The van der Waals surface area contributed by atoms with E-state index in [0.29, 0.717) is 11.3 Å². The van der Waals surface area contributed by atoms with Crippen LogP contribution >= 0.6 is 0 Å². The highest BCUT2D eigenvalue weighted by Crippen LogP contribution is 2.66. The number of hydrogen-bond acceptors (Lipinski definition) is 3. The number of carbonyl (C=O) groups is 1. The first-order valence-electron chi connectivity index (χ1n) is 10.4. The summed E-state index contributed by atoms with van der Waals surface area (Å²) in [6, 6.07) is 0.268. The zero-order chi connectivity index (χ0) is 17.8. The number of methoxy groups -OCH3 is 1. The van der Waals surface area contributed by atoms with E-state index in [9.17, 15) is 9.90 Å². The molecule has 4 saturated carbocycles. The van der Waals surface area contributed by atoms with Gasteiger partial charge in [0.25, 0.3) is 0 Å². The number of fused-ring (bicyclic) bond motifs is 5. The van der Waals surface area contributed by atoms with E-state index in [2.05, 4.69) is 19.2 Å². The summed E-state index contributed by atoms with van der Waals surface area (Å²) in [5, 5.41) is 13.3. The Bertz CT molecular complexity index is 537. The number of carbonyl (C=O) groups excluding carboxylic acids is 1. The highest BCUT2D eigenvalue weighted by atomic mass is 16.5. The van der Waals surface area contributed by atoms with E-state index in [-0.39, 0.29) is 23.7 Å². The lowest BCUT2D eigenvalue weighted by atomic mass is 9.45. The van der Waals surface area contributed by atoms with Crippen molar-refractivity contribution in [1.29, 1.82) is 0 Å². The number of rotatable bonds is 1. The molecule has 2 N–H and O–H groups in total. The lowest BCUT2D eigenvalue weighted by Gasteiger charge is -2.60. The molecule has 4 nitrogen and oxygen atoms in total. The quantitative estimate of drug-likeness (QED) is 0.749. The van der Waals surface area contributed by atoms with Crippen LogP contribution in [0.5, 0.6) is 0 Å². The van der Waals surface area contributed by atoms with E-state index in [1.807, 2.05) is 0 Å². The lowest BCUT2D eigenvalue weighted by molar-refractivity contribution is -0.123. The van der Waals surface area contributed by atoms with E-state index < -0.39 is 0 Å². The number of hydrogen-bond donors (Lipinski definition) is 2. The second kappa shape index (κ2) is 6.14. The Labute approximate surface area is 152 Å². The number of amides is 1. The molecule has 0 aromatic carbocycles. The van der Waals surface area contributed by atoms with Gasteiger partial charge in [-0.15, -0.1) is 0 Å². The van der Waals surface area contributed by atoms with Crippen molar-refractivity contribution >= 4 is 6.09 Å². The third-order valence-electron chi connectivity index (χ3n) is 9.12. The van der Waals surface area contributed by atoms with Crippen LogP contribution in [0.3, 0.4) is 0 Å². The van der Waals surface area contributed by atoms with Gasteiger partial charge in [-0.05, 0) is 92.3 Å². The minimum atomic E-state index is -0.272. The fraction of sp³-hybridized carbons (Fsp3) is 0.952. The van der Waals surface area contributed by atoms with Crippen LogP contribution in [0, 0.1) is 34.5 Å².